The Hall–Kier alpha value is -1.00. The number of hydrogen-bond donors (Lipinski definition) is 0. The van der Waals surface area contributed by atoms with Crippen molar-refractivity contribution in [1.82, 2.24) is 19.6 Å². The average Bonchev–Trinajstić information content (AvgIpc) is 3.34. The van der Waals surface area contributed by atoms with Crippen LogP contribution in [0.3, 0.4) is 0 Å². The molecule has 2 fully saturated rings. The van der Waals surface area contributed by atoms with Crippen LogP contribution in [0.2, 0.25) is 0 Å². The first-order valence-corrected chi connectivity index (χ1v) is 15.4. The highest BCUT2D eigenvalue weighted by Gasteiger charge is 2.12. The normalized spacial score (nSPS) is 26.6. The summed E-state index contributed by atoms with van der Waals surface area (Å²) in [5, 5.41) is 0. The lowest BCUT2D eigenvalue weighted by molar-refractivity contribution is 0.264. The quantitative estimate of drug-likeness (QED) is 0.334. The Morgan fingerprint density at radius 3 is 1.25 bits per heavy atom. The molecule has 0 aromatic heterocycles. The Bertz CT molecular complexity index is 527. The minimum absolute atomic E-state index is 0.826. The number of hydrogen-bond acceptors (Lipinski definition) is 4. The van der Waals surface area contributed by atoms with E-state index in [-0.39, 0.29) is 0 Å². The van der Waals surface area contributed by atoms with Crippen LogP contribution in [0, 0.1) is 0 Å². The molecule has 2 atom stereocenters. The van der Waals surface area contributed by atoms with Gasteiger partial charge in [-0.05, 0) is 119 Å². The molecule has 0 bridgehead atoms. The van der Waals surface area contributed by atoms with E-state index in [9.17, 15) is 0 Å². The van der Waals surface area contributed by atoms with Crippen LogP contribution >= 0.6 is 0 Å². The summed E-state index contributed by atoms with van der Waals surface area (Å²) >= 11 is 0. The van der Waals surface area contributed by atoms with Gasteiger partial charge in [-0.1, -0.05) is 37.8 Å². The van der Waals surface area contributed by atoms with E-state index in [1.54, 1.807) is 0 Å². The van der Waals surface area contributed by atoms with E-state index in [4.69, 9.17) is 0 Å². The third-order valence-electron chi connectivity index (χ3n) is 8.75. The zero-order chi connectivity index (χ0) is 26.8. The van der Waals surface area contributed by atoms with Crippen molar-refractivity contribution in [3.63, 3.8) is 0 Å². The van der Waals surface area contributed by atoms with E-state index in [1.807, 2.05) is 0 Å². The Morgan fingerprint density at radius 2 is 0.861 bits per heavy atom. The maximum atomic E-state index is 2.47. The molecule has 4 aliphatic rings. The summed E-state index contributed by atoms with van der Waals surface area (Å²) in [6, 6.07) is 1.65. The van der Waals surface area contributed by atoms with E-state index in [0.717, 1.165) is 12.1 Å². The van der Waals surface area contributed by atoms with Crippen molar-refractivity contribution in [3.8, 4) is 0 Å². The van der Waals surface area contributed by atoms with Gasteiger partial charge in [-0.3, -0.25) is 0 Å². The Kier molecular flexibility index (Phi) is 18.4. The fraction of sp³-hybridized carbons (Fsp3) is 0.875. The van der Waals surface area contributed by atoms with Crippen LogP contribution in [-0.2, 0) is 0 Å². The lowest BCUT2D eigenvalue weighted by Crippen LogP contribution is -2.27. The van der Waals surface area contributed by atoms with Crippen molar-refractivity contribution >= 4 is 0 Å². The van der Waals surface area contributed by atoms with Crippen molar-refractivity contribution in [2.24, 2.45) is 0 Å². The van der Waals surface area contributed by atoms with Crippen LogP contribution in [0.1, 0.15) is 118 Å². The minimum atomic E-state index is 0.826. The molecule has 0 N–H and O–H groups in total. The highest BCUT2D eigenvalue weighted by molar-refractivity contribution is 4.98. The van der Waals surface area contributed by atoms with Crippen LogP contribution in [0.15, 0.2) is 23.5 Å². The van der Waals surface area contributed by atoms with Crippen molar-refractivity contribution < 1.29 is 0 Å². The highest BCUT2D eigenvalue weighted by Crippen LogP contribution is 2.15. The summed E-state index contributed by atoms with van der Waals surface area (Å²) in [5.41, 5.74) is 2.88. The van der Waals surface area contributed by atoms with E-state index in [1.165, 1.54) is 127 Å². The standard InChI is InChI=1S/2C8H17N.2C8H15N/c4*1-8-6-4-3-5-7-9(8)2/h2*8H,3-7H2,1-2H3;2*6H,3-5,7H2,1-2H3. The molecule has 0 spiro atoms. The predicted molar refractivity (Wildman–Crippen MR) is 162 cm³/mol. The van der Waals surface area contributed by atoms with Gasteiger partial charge in [0.25, 0.3) is 0 Å². The van der Waals surface area contributed by atoms with Crippen molar-refractivity contribution in [2.75, 3.05) is 54.4 Å². The van der Waals surface area contributed by atoms with Gasteiger partial charge < -0.3 is 19.6 Å². The second-order valence-corrected chi connectivity index (χ2v) is 11.9. The van der Waals surface area contributed by atoms with E-state index >= 15 is 0 Å². The molecule has 0 aromatic rings. The summed E-state index contributed by atoms with van der Waals surface area (Å²) in [6.45, 7) is 14.1. The number of likely N-dealkylation sites (tertiary alicyclic amines) is 2. The molecular formula is C32H64N4. The second kappa shape index (κ2) is 20.0. The number of allylic oxidation sites excluding steroid dienone is 4. The van der Waals surface area contributed by atoms with Crippen LogP contribution < -0.4 is 0 Å². The van der Waals surface area contributed by atoms with E-state index < -0.39 is 0 Å². The van der Waals surface area contributed by atoms with Crippen LogP contribution in [0.5, 0.6) is 0 Å². The smallest absolute Gasteiger partial charge is 0.0171 e. The van der Waals surface area contributed by atoms with Gasteiger partial charge in [0.1, 0.15) is 0 Å². The molecule has 0 amide bonds. The molecule has 0 saturated carbocycles. The molecule has 4 nitrogen and oxygen atoms in total. The Balaban J connectivity index is 0.000000240. The zero-order valence-electron chi connectivity index (χ0n) is 25.8. The zero-order valence-corrected chi connectivity index (χ0v) is 25.8. The number of nitrogens with zero attached hydrogens (tertiary/aromatic N) is 4. The highest BCUT2D eigenvalue weighted by atomic mass is 15.1. The summed E-state index contributed by atoms with van der Waals surface area (Å²) in [6.07, 6.45) is 24.0. The van der Waals surface area contributed by atoms with Crippen molar-refractivity contribution in [1.29, 1.82) is 0 Å². The third-order valence-corrected chi connectivity index (χ3v) is 8.75. The first kappa shape index (κ1) is 33.0. The molecule has 4 aliphatic heterocycles. The number of rotatable bonds is 0. The molecule has 0 radical (unpaired) electrons. The molecule has 0 aromatic carbocycles. The van der Waals surface area contributed by atoms with Gasteiger partial charge >= 0.3 is 0 Å². The van der Waals surface area contributed by atoms with Crippen molar-refractivity contribution in [3.05, 3.63) is 23.5 Å². The summed E-state index contributed by atoms with van der Waals surface area (Å²) < 4.78 is 0. The minimum Gasteiger partial charge on any atom is -0.378 e. The molecule has 212 valence electrons. The first-order chi connectivity index (χ1) is 17.2. The molecule has 36 heavy (non-hydrogen) atoms. The van der Waals surface area contributed by atoms with Gasteiger partial charge in [0.05, 0.1) is 0 Å². The van der Waals surface area contributed by atoms with Crippen LogP contribution in [-0.4, -0.2) is 86.1 Å². The van der Waals surface area contributed by atoms with Crippen molar-refractivity contribution in [2.45, 2.75) is 130 Å². The van der Waals surface area contributed by atoms with Gasteiger partial charge in [0.2, 0.25) is 0 Å². The largest absolute Gasteiger partial charge is 0.378 e. The monoisotopic (exact) mass is 505 g/mol. The predicted octanol–water partition coefficient (Wildman–Crippen LogP) is 7.77. The van der Waals surface area contributed by atoms with Gasteiger partial charge in [-0.15, -0.1) is 0 Å². The molecule has 4 heterocycles. The summed E-state index contributed by atoms with van der Waals surface area (Å²) in [7, 11) is 8.79. The van der Waals surface area contributed by atoms with E-state index in [0.29, 0.717) is 0 Å². The summed E-state index contributed by atoms with van der Waals surface area (Å²) in [5.74, 6) is 0. The first-order valence-electron chi connectivity index (χ1n) is 15.4. The molecular weight excluding hydrogens is 440 g/mol. The Labute approximate surface area is 227 Å². The molecule has 2 saturated heterocycles. The molecule has 4 rings (SSSR count). The molecule has 0 aliphatic carbocycles. The summed E-state index contributed by atoms with van der Waals surface area (Å²) in [4.78, 5) is 9.58. The maximum Gasteiger partial charge on any atom is 0.0171 e. The fourth-order valence-corrected chi connectivity index (χ4v) is 5.11. The van der Waals surface area contributed by atoms with Crippen LogP contribution in [0.25, 0.3) is 0 Å². The average molecular weight is 505 g/mol. The lowest BCUT2D eigenvalue weighted by atomic mass is 10.1. The van der Waals surface area contributed by atoms with Gasteiger partial charge in [-0.2, -0.15) is 0 Å². The fourth-order valence-electron chi connectivity index (χ4n) is 5.11. The Morgan fingerprint density at radius 1 is 0.500 bits per heavy atom. The van der Waals surface area contributed by atoms with Gasteiger partial charge in [-0.25, -0.2) is 0 Å². The van der Waals surface area contributed by atoms with Crippen LogP contribution in [0.4, 0.5) is 0 Å². The molecule has 4 heteroatoms. The third kappa shape index (κ3) is 15.3. The lowest BCUT2D eigenvalue weighted by Gasteiger charge is -2.20. The molecule has 2 unspecified atom stereocenters. The second-order valence-electron chi connectivity index (χ2n) is 11.9. The maximum absolute atomic E-state index is 2.47. The van der Waals surface area contributed by atoms with E-state index in [2.05, 4.69) is 87.6 Å². The van der Waals surface area contributed by atoms with Gasteiger partial charge in [0.15, 0.2) is 0 Å². The van der Waals surface area contributed by atoms with Gasteiger partial charge in [0, 0.05) is 50.7 Å². The SMILES string of the molecule is CC1=CCCCCN1C.CC1=CCCCCN1C.CC1CCCCCN1C.CC1CCCCCN1C. The topological polar surface area (TPSA) is 13.0 Å².